The fourth-order valence-electron chi connectivity index (χ4n) is 3.63. The van der Waals surface area contributed by atoms with Gasteiger partial charge >= 0.3 is 0 Å². The number of hydrogen-bond acceptors (Lipinski definition) is 4. The van der Waals surface area contributed by atoms with Gasteiger partial charge in [0.25, 0.3) is 5.91 Å². The van der Waals surface area contributed by atoms with E-state index < -0.39 is 0 Å². The minimum Gasteiger partial charge on any atom is -0.336 e. The van der Waals surface area contributed by atoms with E-state index in [9.17, 15) is 9.18 Å². The number of aryl methyl sites for hydroxylation is 1. The molecule has 4 aromatic rings. The van der Waals surface area contributed by atoms with Crippen LogP contribution in [0.3, 0.4) is 0 Å². The molecule has 1 aliphatic heterocycles. The van der Waals surface area contributed by atoms with Crippen molar-refractivity contribution in [3.8, 4) is 11.3 Å². The molecule has 0 saturated carbocycles. The number of amides is 1. The van der Waals surface area contributed by atoms with E-state index in [0.29, 0.717) is 18.8 Å². The third-order valence-electron chi connectivity index (χ3n) is 5.18. The van der Waals surface area contributed by atoms with Gasteiger partial charge in [-0.05, 0) is 30.3 Å². The van der Waals surface area contributed by atoms with Crippen molar-refractivity contribution >= 4 is 11.4 Å². The number of likely N-dealkylation sites (tertiary alicyclic amines) is 1. The van der Waals surface area contributed by atoms with Gasteiger partial charge in [0, 0.05) is 44.3 Å². The standard InChI is InChI=1S/C20H17FN6O/c1-25-16(6-7-24-25)20(28)26-11-14(12-26)19-23-10-17-18(22-8-9-27(17)19)13-2-4-15(21)5-3-13/h2-10,14H,11-12H2,1H3. The van der Waals surface area contributed by atoms with Crippen LogP contribution in [0.1, 0.15) is 22.2 Å². The second kappa shape index (κ2) is 6.26. The van der Waals surface area contributed by atoms with Crippen molar-refractivity contribution in [1.29, 1.82) is 0 Å². The SMILES string of the molecule is Cn1nccc1C(=O)N1CC(c2ncc3c(-c4ccc(F)cc4)nccn23)C1. The number of carbonyl (C=O) groups is 1. The number of benzene rings is 1. The Balaban J connectivity index is 1.41. The first-order chi connectivity index (χ1) is 13.6. The molecule has 3 aromatic heterocycles. The Morgan fingerprint density at radius 3 is 2.61 bits per heavy atom. The summed E-state index contributed by atoms with van der Waals surface area (Å²) in [5.74, 6) is 0.751. The first kappa shape index (κ1) is 16.6. The molecule has 0 N–H and O–H groups in total. The summed E-state index contributed by atoms with van der Waals surface area (Å²) in [6.45, 7) is 1.22. The number of hydrogen-bond donors (Lipinski definition) is 0. The smallest absolute Gasteiger partial charge is 0.272 e. The Kier molecular flexibility index (Phi) is 3.71. The summed E-state index contributed by atoms with van der Waals surface area (Å²) in [4.78, 5) is 23.4. The number of rotatable bonds is 3. The number of carbonyl (C=O) groups excluding carboxylic acids is 1. The molecule has 8 heteroatoms. The van der Waals surface area contributed by atoms with Gasteiger partial charge in [-0.1, -0.05) is 0 Å². The fraction of sp³-hybridized carbons (Fsp3) is 0.200. The Bertz CT molecular complexity index is 1170. The van der Waals surface area contributed by atoms with Crippen LogP contribution in [0.2, 0.25) is 0 Å². The highest BCUT2D eigenvalue weighted by Crippen LogP contribution is 2.30. The van der Waals surface area contributed by atoms with Crippen molar-refractivity contribution in [3.05, 3.63) is 72.5 Å². The molecular weight excluding hydrogens is 359 g/mol. The van der Waals surface area contributed by atoms with Gasteiger partial charge in [-0.15, -0.1) is 0 Å². The third-order valence-corrected chi connectivity index (χ3v) is 5.18. The number of fused-ring (bicyclic) bond motifs is 1. The highest BCUT2D eigenvalue weighted by molar-refractivity contribution is 5.93. The zero-order valence-corrected chi connectivity index (χ0v) is 15.2. The van der Waals surface area contributed by atoms with Crippen LogP contribution in [0.4, 0.5) is 4.39 Å². The molecule has 0 aliphatic carbocycles. The molecule has 140 valence electrons. The molecule has 28 heavy (non-hydrogen) atoms. The summed E-state index contributed by atoms with van der Waals surface area (Å²) in [5, 5.41) is 4.05. The maximum atomic E-state index is 13.2. The molecule has 1 fully saturated rings. The lowest BCUT2D eigenvalue weighted by atomic mass is 9.98. The highest BCUT2D eigenvalue weighted by atomic mass is 19.1. The molecule has 0 radical (unpaired) electrons. The maximum absolute atomic E-state index is 13.2. The van der Waals surface area contributed by atoms with Gasteiger partial charge in [-0.3, -0.25) is 18.9 Å². The van der Waals surface area contributed by atoms with E-state index in [0.717, 1.165) is 22.6 Å². The van der Waals surface area contributed by atoms with E-state index in [2.05, 4.69) is 15.1 Å². The lowest BCUT2D eigenvalue weighted by Crippen LogP contribution is -2.49. The summed E-state index contributed by atoms with van der Waals surface area (Å²) >= 11 is 0. The molecule has 0 atom stereocenters. The van der Waals surface area contributed by atoms with Gasteiger partial charge in [0.05, 0.1) is 23.3 Å². The van der Waals surface area contributed by atoms with E-state index in [1.54, 1.807) is 53.4 Å². The van der Waals surface area contributed by atoms with Gasteiger partial charge in [0.2, 0.25) is 0 Å². The van der Waals surface area contributed by atoms with Crippen LogP contribution in [0, 0.1) is 5.82 Å². The predicted octanol–water partition coefficient (Wildman–Crippen LogP) is 2.51. The van der Waals surface area contributed by atoms with Crippen LogP contribution in [0.5, 0.6) is 0 Å². The summed E-state index contributed by atoms with van der Waals surface area (Å²) in [6, 6.07) is 7.99. The Labute approximate surface area is 160 Å². The van der Waals surface area contributed by atoms with Crippen molar-refractivity contribution in [2.24, 2.45) is 7.05 Å². The molecule has 1 amide bonds. The van der Waals surface area contributed by atoms with E-state index in [-0.39, 0.29) is 17.6 Å². The molecule has 1 aromatic carbocycles. The van der Waals surface area contributed by atoms with Crippen molar-refractivity contribution < 1.29 is 9.18 Å². The lowest BCUT2D eigenvalue weighted by Gasteiger charge is -2.38. The largest absolute Gasteiger partial charge is 0.336 e. The predicted molar refractivity (Wildman–Crippen MR) is 100 cm³/mol. The number of nitrogens with zero attached hydrogens (tertiary/aromatic N) is 6. The molecule has 5 rings (SSSR count). The molecule has 1 saturated heterocycles. The lowest BCUT2D eigenvalue weighted by molar-refractivity contribution is 0.0582. The van der Waals surface area contributed by atoms with Gasteiger partial charge in [-0.2, -0.15) is 5.10 Å². The first-order valence-corrected chi connectivity index (χ1v) is 8.97. The zero-order chi connectivity index (χ0) is 19.3. The van der Waals surface area contributed by atoms with Gasteiger partial charge in [0.1, 0.15) is 17.3 Å². The van der Waals surface area contributed by atoms with Crippen LogP contribution in [-0.4, -0.2) is 48.0 Å². The second-order valence-electron chi connectivity index (χ2n) is 6.90. The van der Waals surface area contributed by atoms with Crippen molar-refractivity contribution in [1.82, 2.24) is 29.0 Å². The minimum absolute atomic E-state index is 0.0224. The third kappa shape index (κ3) is 2.57. The molecule has 0 bridgehead atoms. The fourth-order valence-corrected chi connectivity index (χ4v) is 3.63. The monoisotopic (exact) mass is 376 g/mol. The average molecular weight is 376 g/mol. The number of aromatic nitrogens is 5. The summed E-state index contributed by atoms with van der Waals surface area (Å²) in [6.07, 6.45) is 6.99. The Morgan fingerprint density at radius 1 is 1.11 bits per heavy atom. The number of imidazole rings is 1. The van der Waals surface area contributed by atoms with Crippen LogP contribution in [0.15, 0.2) is 55.1 Å². The molecular formula is C20H17FN6O. The van der Waals surface area contributed by atoms with Gasteiger partial charge < -0.3 is 4.90 Å². The van der Waals surface area contributed by atoms with E-state index >= 15 is 0 Å². The van der Waals surface area contributed by atoms with Crippen molar-refractivity contribution in [3.63, 3.8) is 0 Å². The van der Waals surface area contributed by atoms with Crippen LogP contribution >= 0.6 is 0 Å². The van der Waals surface area contributed by atoms with Crippen molar-refractivity contribution in [2.75, 3.05) is 13.1 Å². The van der Waals surface area contributed by atoms with Gasteiger partial charge in [0.15, 0.2) is 0 Å². The summed E-state index contributed by atoms with van der Waals surface area (Å²) < 4.78 is 16.8. The Morgan fingerprint density at radius 2 is 1.89 bits per heavy atom. The number of halogens is 1. The topological polar surface area (TPSA) is 68.3 Å². The molecule has 4 heterocycles. The molecule has 0 spiro atoms. The van der Waals surface area contributed by atoms with Crippen LogP contribution in [0.25, 0.3) is 16.8 Å². The van der Waals surface area contributed by atoms with Crippen LogP contribution in [-0.2, 0) is 7.05 Å². The molecule has 7 nitrogen and oxygen atoms in total. The quantitative estimate of drug-likeness (QED) is 0.551. The zero-order valence-electron chi connectivity index (χ0n) is 15.2. The highest BCUT2D eigenvalue weighted by Gasteiger charge is 2.35. The maximum Gasteiger partial charge on any atom is 0.272 e. The van der Waals surface area contributed by atoms with E-state index in [4.69, 9.17) is 0 Å². The molecule has 0 unspecified atom stereocenters. The van der Waals surface area contributed by atoms with Crippen LogP contribution < -0.4 is 0 Å². The molecule has 1 aliphatic rings. The van der Waals surface area contributed by atoms with Gasteiger partial charge in [-0.25, -0.2) is 9.37 Å². The second-order valence-corrected chi connectivity index (χ2v) is 6.90. The van der Waals surface area contributed by atoms with Crippen molar-refractivity contribution in [2.45, 2.75) is 5.92 Å². The normalized spacial score (nSPS) is 14.4. The summed E-state index contributed by atoms with van der Waals surface area (Å²) in [7, 11) is 1.76. The van der Waals surface area contributed by atoms with E-state index in [1.807, 2.05) is 10.6 Å². The first-order valence-electron chi connectivity index (χ1n) is 8.97. The van der Waals surface area contributed by atoms with E-state index in [1.165, 1.54) is 12.1 Å². The Hall–Kier alpha value is -3.55. The average Bonchev–Trinajstić information content (AvgIpc) is 3.28. The minimum atomic E-state index is -0.280. The summed E-state index contributed by atoms with van der Waals surface area (Å²) in [5.41, 5.74) is 3.03.